The zero-order chi connectivity index (χ0) is 13.0. The van der Waals surface area contributed by atoms with Gasteiger partial charge in [-0.25, -0.2) is 4.57 Å². The molecule has 1 aliphatic heterocycles. The third-order valence-electron chi connectivity index (χ3n) is 3.81. The smallest absolute Gasteiger partial charge is 0.374 e. The Bertz CT molecular complexity index is 811. The fourth-order valence-electron chi connectivity index (χ4n) is 2.95. The molecular formula is C15H16Br2N4. The van der Waals surface area contributed by atoms with Crippen LogP contribution in [-0.2, 0) is 13.1 Å². The van der Waals surface area contributed by atoms with Gasteiger partial charge in [0.25, 0.3) is 11.3 Å². The highest BCUT2D eigenvalue weighted by Gasteiger charge is 2.33. The maximum atomic E-state index is 4.79. The second-order valence-electron chi connectivity index (χ2n) is 5.20. The van der Waals surface area contributed by atoms with E-state index in [2.05, 4.69) is 59.5 Å². The fourth-order valence-corrected chi connectivity index (χ4v) is 2.95. The van der Waals surface area contributed by atoms with Gasteiger partial charge in [0.05, 0.1) is 5.10 Å². The van der Waals surface area contributed by atoms with Gasteiger partial charge in [0.1, 0.15) is 12.2 Å². The zero-order valence-corrected chi connectivity index (χ0v) is 15.1. The third kappa shape index (κ3) is 2.40. The Morgan fingerprint density at radius 2 is 1.90 bits per heavy atom. The molecule has 0 amide bonds. The highest BCUT2D eigenvalue weighted by molar-refractivity contribution is 5.46. The molecule has 0 saturated heterocycles. The Kier molecular flexibility index (Phi) is 4.49. The molecule has 0 spiro atoms. The zero-order valence-electron chi connectivity index (χ0n) is 11.9. The quantitative estimate of drug-likeness (QED) is 0.341. The first-order valence-corrected chi connectivity index (χ1v) is 6.63. The number of aromatic nitrogens is 4. The van der Waals surface area contributed by atoms with Crippen LogP contribution in [0, 0.1) is 13.8 Å². The molecule has 110 valence electrons. The van der Waals surface area contributed by atoms with Gasteiger partial charge in [-0.2, -0.15) is 4.57 Å². The monoisotopic (exact) mass is 410 g/mol. The Balaban J connectivity index is 0.000000807. The molecular weight excluding hydrogens is 396 g/mol. The van der Waals surface area contributed by atoms with Crippen LogP contribution >= 0.6 is 0 Å². The van der Waals surface area contributed by atoms with Crippen LogP contribution in [0.15, 0.2) is 36.5 Å². The number of halogens is 2. The molecule has 0 bridgehead atoms. The van der Waals surface area contributed by atoms with Crippen molar-refractivity contribution in [3.8, 4) is 11.5 Å². The molecule has 3 aromatic heterocycles. The number of aryl methyl sites for hydroxylation is 4. The third-order valence-corrected chi connectivity index (χ3v) is 3.81. The van der Waals surface area contributed by atoms with Crippen LogP contribution in [0.1, 0.15) is 11.3 Å². The Labute approximate surface area is 144 Å². The number of fused-ring (bicyclic) bond motifs is 5. The van der Waals surface area contributed by atoms with Crippen LogP contribution in [0.25, 0.3) is 17.2 Å². The van der Waals surface area contributed by atoms with Gasteiger partial charge in [0.2, 0.25) is 0 Å². The molecule has 4 heterocycles. The van der Waals surface area contributed by atoms with Gasteiger partial charge in [0.15, 0.2) is 12.7 Å². The maximum absolute atomic E-state index is 4.79. The van der Waals surface area contributed by atoms with Crippen LogP contribution in [0.3, 0.4) is 0 Å². The Hall–Kier alpha value is -1.27. The van der Waals surface area contributed by atoms with Crippen LogP contribution in [0.4, 0.5) is 0 Å². The highest BCUT2D eigenvalue weighted by Crippen LogP contribution is 2.15. The van der Waals surface area contributed by atoms with Gasteiger partial charge in [0, 0.05) is 18.2 Å². The summed E-state index contributed by atoms with van der Waals surface area (Å²) < 4.78 is 6.63. The van der Waals surface area contributed by atoms with E-state index in [1.54, 1.807) is 0 Å². The van der Waals surface area contributed by atoms with Gasteiger partial charge in [-0.3, -0.25) is 0 Å². The van der Waals surface area contributed by atoms with E-state index in [1.165, 1.54) is 22.6 Å². The molecule has 4 rings (SSSR count). The molecule has 0 fully saturated rings. The van der Waals surface area contributed by atoms with Crippen molar-refractivity contribution in [3.63, 3.8) is 0 Å². The number of pyridine rings is 2. The largest absolute Gasteiger partial charge is 1.00 e. The fraction of sp³-hybridized carbons (Fsp3) is 0.267. The molecule has 0 aromatic carbocycles. The standard InChI is InChI=1S/C15H16N4.2BrH/c1-11-9-12(2)19-14(10-11)18-8-7-17-6-4-3-5-13(17)15(18)16-19;;/h3-6,9-10H,7-8H2,1-2H3;2*1H/q+2;;/p-2. The van der Waals surface area contributed by atoms with Crippen molar-refractivity contribution in [1.29, 1.82) is 0 Å². The molecule has 0 atom stereocenters. The average Bonchev–Trinajstić information content (AvgIpc) is 2.78. The minimum Gasteiger partial charge on any atom is -1.00 e. The van der Waals surface area contributed by atoms with Crippen molar-refractivity contribution < 1.29 is 43.1 Å². The van der Waals surface area contributed by atoms with Crippen molar-refractivity contribution in [2.75, 3.05) is 0 Å². The number of hydrogen-bond donors (Lipinski definition) is 0. The summed E-state index contributed by atoms with van der Waals surface area (Å²) in [6, 6.07) is 10.7. The maximum Gasteiger partial charge on any atom is 0.374 e. The summed E-state index contributed by atoms with van der Waals surface area (Å²) in [5.41, 5.74) is 4.84. The van der Waals surface area contributed by atoms with E-state index in [1.807, 2.05) is 4.52 Å². The molecule has 21 heavy (non-hydrogen) atoms. The summed E-state index contributed by atoms with van der Waals surface area (Å²) >= 11 is 0. The average molecular weight is 412 g/mol. The first-order chi connectivity index (χ1) is 9.24. The lowest BCUT2D eigenvalue weighted by Crippen LogP contribution is -3.00. The van der Waals surface area contributed by atoms with E-state index in [4.69, 9.17) is 5.10 Å². The summed E-state index contributed by atoms with van der Waals surface area (Å²) in [6.07, 6.45) is 2.13. The molecule has 0 saturated carbocycles. The molecule has 1 aliphatic rings. The predicted molar refractivity (Wildman–Crippen MR) is 70.5 cm³/mol. The van der Waals surface area contributed by atoms with E-state index in [0.717, 1.165) is 18.9 Å². The van der Waals surface area contributed by atoms with E-state index in [-0.39, 0.29) is 34.0 Å². The molecule has 3 aromatic rings. The lowest BCUT2D eigenvalue weighted by atomic mass is 10.2. The second-order valence-corrected chi connectivity index (χ2v) is 5.20. The van der Waals surface area contributed by atoms with Crippen molar-refractivity contribution in [3.05, 3.63) is 47.8 Å². The van der Waals surface area contributed by atoms with E-state index >= 15 is 0 Å². The van der Waals surface area contributed by atoms with Crippen molar-refractivity contribution >= 4 is 5.65 Å². The second kappa shape index (κ2) is 5.85. The molecule has 0 N–H and O–H groups in total. The van der Waals surface area contributed by atoms with Crippen LogP contribution in [0.5, 0.6) is 0 Å². The highest BCUT2D eigenvalue weighted by atomic mass is 79.9. The molecule has 6 heteroatoms. The first-order valence-electron chi connectivity index (χ1n) is 6.63. The van der Waals surface area contributed by atoms with Gasteiger partial charge in [-0.1, -0.05) is 4.52 Å². The van der Waals surface area contributed by atoms with Crippen molar-refractivity contribution in [2.24, 2.45) is 0 Å². The van der Waals surface area contributed by atoms with Gasteiger partial charge < -0.3 is 34.0 Å². The lowest BCUT2D eigenvalue weighted by Gasteiger charge is -2.06. The summed E-state index contributed by atoms with van der Waals surface area (Å²) in [5, 5.41) is 4.79. The van der Waals surface area contributed by atoms with Crippen molar-refractivity contribution in [1.82, 2.24) is 9.61 Å². The van der Waals surface area contributed by atoms with Crippen LogP contribution in [-0.4, -0.2) is 9.61 Å². The predicted octanol–water partition coefficient (Wildman–Crippen LogP) is -4.79. The normalized spacial score (nSPS) is 12.1. The Morgan fingerprint density at radius 1 is 1.10 bits per heavy atom. The number of rotatable bonds is 0. The van der Waals surface area contributed by atoms with E-state index in [0.29, 0.717) is 0 Å². The van der Waals surface area contributed by atoms with Gasteiger partial charge in [-0.15, -0.1) is 0 Å². The van der Waals surface area contributed by atoms with Crippen molar-refractivity contribution in [2.45, 2.75) is 26.9 Å². The summed E-state index contributed by atoms with van der Waals surface area (Å²) in [5.74, 6) is 1.06. The number of nitrogens with zero attached hydrogens (tertiary/aromatic N) is 4. The van der Waals surface area contributed by atoms with Crippen LogP contribution < -0.4 is 43.1 Å². The first kappa shape index (κ1) is 16.1. The van der Waals surface area contributed by atoms with Gasteiger partial charge >= 0.3 is 5.82 Å². The molecule has 0 aliphatic carbocycles. The minimum atomic E-state index is 0. The van der Waals surface area contributed by atoms with E-state index in [9.17, 15) is 0 Å². The SMILES string of the molecule is Cc1cc(C)n2nc3[n+](c2c1)CC[n+]1ccccc1-3.[Br-].[Br-]. The van der Waals surface area contributed by atoms with Crippen LogP contribution in [0.2, 0.25) is 0 Å². The summed E-state index contributed by atoms with van der Waals surface area (Å²) in [4.78, 5) is 0. The molecule has 0 radical (unpaired) electrons. The van der Waals surface area contributed by atoms with E-state index < -0.39 is 0 Å². The lowest BCUT2D eigenvalue weighted by molar-refractivity contribution is -0.784. The van der Waals surface area contributed by atoms with Gasteiger partial charge in [-0.05, 0) is 31.5 Å². The minimum absolute atomic E-state index is 0. The Morgan fingerprint density at radius 3 is 2.71 bits per heavy atom. The summed E-state index contributed by atoms with van der Waals surface area (Å²) in [6.45, 7) is 6.22. The molecule has 0 unspecified atom stereocenters. The summed E-state index contributed by atoms with van der Waals surface area (Å²) in [7, 11) is 0. The topological polar surface area (TPSA) is 25.1 Å². The number of hydrogen-bond acceptors (Lipinski definition) is 1. The molecule has 4 nitrogen and oxygen atoms in total.